The van der Waals surface area contributed by atoms with E-state index in [1.54, 1.807) is 18.2 Å². The van der Waals surface area contributed by atoms with E-state index in [9.17, 15) is 22.9 Å². The van der Waals surface area contributed by atoms with Crippen molar-refractivity contribution in [3.05, 3.63) is 65.7 Å². The first-order valence-electron chi connectivity index (χ1n) is 5.95. The topological polar surface area (TPSA) is 94.5 Å². The molecule has 0 unspecified atom stereocenters. The van der Waals surface area contributed by atoms with Gasteiger partial charge in [0.2, 0.25) is 0 Å². The van der Waals surface area contributed by atoms with Crippen LogP contribution in [0.25, 0.3) is 6.08 Å². The molecule has 0 spiro atoms. The molecule has 0 bridgehead atoms. The van der Waals surface area contributed by atoms with Gasteiger partial charge in [-0.2, -0.15) is 0 Å². The Kier molecular flexibility index (Phi) is 6.52. The quantitative estimate of drug-likeness (QED) is 0.343. The number of ketones is 1. The summed E-state index contributed by atoms with van der Waals surface area (Å²) in [5.74, 6) is -0.664. The third-order valence-corrected chi connectivity index (χ3v) is 3.68. The van der Waals surface area contributed by atoms with Crippen LogP contribution in [0.5, 0.6) is 5.75 Å². The van der Waals surface area contributed by atoms with Crippen molar-refractivity contribution in [2.75, 3.05) is 0 Å². The number of rotatable bonds is 4. The molecular weight excluding hydrogens is 315 g/mol. The van der Waals surface area contributed by atoms with Crippen LogP contribution in [0, 0.1) is 0 Å². The number of benzene rings is 2. The second kappa shape index (κ2) is 7.71. The SMILES string of the molecule is O=C(/C=C/c1ccccc1S(=O)(=O)[O-])c1ccccc1O.[Na+]. The molecule has 22 heavy (non-hydrogen) atoms. The summed E-state index contributed by atoms with van der Waals surface area (Å²) in [5, 5.41) is 9.56. The number of para-hydroxylation sites is 1. The van der Waals surface area contributed by atoms with E-state index in [1.165, 1.54) is 36.4 Å². The molecule has 0 amide bonds. The van der Waals surface area contributed by atoms with Crippen molar-refractivity contribution < 1.29 is 52.4 Å². The number of phenolic OH excluding ortho intramolecular Hbond substituents is 1. The van der Waals surface area contributed by atoms with Gasteiger partial charge < -0.3 is 9.66 Å². The van der Waals surface area contributed by atoms with Crippen LogP contribution in [0.15, 0.2) is 59.5 Å². The van der Waals surface area contributed by atoms with Crippen LogP contribution in [0.4, 0.5) is 0 Å². The van der Waals surface area contributed by atoms with Gasteiger partial charge in [-0.25, -0.2) is 8.42 Å². The first kappa shape index (κ1) is 18.6. The third-order valence-electron chi connectivity index (χ3n) is 2.77. The van der Waals surface area contributed by atoms with E-state index in [-0.39, 0.29) is 46.4 Å². The minimum absolute atomic E-state index is 0. The molecule has 0 fully saturated rings. The summed E-state index contributed by atoms with van der Waals surface area (Å²) in [6.45, 7) is 0. The zero-order chi connectivity index (χ0) is 15.5. The molecule has 0 aliphatic heterocycles. The van der Waals surface area contributed by atoms with Crippen molar-refractivity contribution in [3.8, 4) is 5.75 Å². The number of carbonyl (C=O) groups excluding carboxylic acids is 1. The Morgan fingerprint density at radius 2 is 1.64 bits per heavy atom. The minimum Gasteiger partial charge on any atom is -0.744 e. The molecule has 0 aromatic heterocycles. The molecule has 7 heteroatoms. The maximum Gasteiger partial charge on any atom is 1.00 e. The van der Waals surface area contributed by atoms with Crippen molar-refractivity contribution in [2.24, 2.45) is 0 Å². The molecule has 2 aromatic rings. The fourth-order valence-corrected chi connectivity index (χ4v) is 2.45. The summed E-state index contributed by atoms with van der Waals surface area (Å²) in [5.41, 5.74) is 0.215. The largest absolute Gasteiger partial charge is 1.00 e. The zero-order valence-corrected chi connectivity index (χ0v) is 14.6. The smallest absolute Gasteiger partial charge is 0.744 e. The Hall–Kier alpha value is -1.44. The van der Waals surface area contributed by atoms with Crippen molar-refractivity contribution >= 4 is 22.0 Å². The van der Waals surface area contributed by atoms with E-state index in [0.29, 0.717) is 0 Å². The van der Waals surface area contributed by atoms with E-state index >= 15 is 0 Å². The molecule has 0 saturated carbocycles. The number of hydrogen-bond donors (Lipinski definition) is 1. The minimum atomic E-state index is -4.62. The summed E-state index contributed by atoms with van der Waals surface area (Å²) in [6, 6.07) is 11.6. The van der Waals surface area contributed by atoms with Crippen LogP contribution in [-0.4, -0.2) is 23.9 Å². The van der Waals surface area contributed by atoms with Gasteiger partial charge in [0.1, 0.15) is 15.9 Å². The molecule has 0 aliphatic carbocycles. The fraction of sp³-hybridized carbons (Fsp3) is 0. The second-order valence-electron chi connectivity index (χ2n) is 4.21. The Balaban J connectivity index is 0.00000242. The summed E-state index contributed by atoms with van der Waals surface area (Å²) < 4.78 is 33.3. The molecule has 0 atom stereocenters. The normalized spacial score (nSPS) is 11.1. The number of hydrogen-bond acceptors (Lipinski definition) is 5. The van der Waals surface area contributed by atoms with E-state index < -0.39 is 20.8 Å². The van der Waals surface area contributed by atoms with Gasteiger partial charge in [-0.3, -0.25) is 4.79 Å². The molecule has 0 radical (unpaired) electrons. The zero-order valence-electron chi connectivity index (χ0n) is 11.8. The molecule has 2 rings (SSSR count). The van der Waals surface area contributed by atoms with Crippen LogP contribution in [0.2, 0.25) is 0 Å². The molecule has 108 valence electrons. The van der Waals surface area contributed by atoms with Gasteiger partial charge in [0, 0.05) is 0 Å². The van der Waals surface area contributed by atoms with Crippen molar-refractivity contribution in [1.82, 2.24) is 0 Å². The van der Waals surface area contributed by atoms with Crippen LogP contribution >= 0.6 is 0 Å². The maximum absolute atomic E-state index is 11.9. The molecular formula is C15H11NaO5S. The van der Waals surface area contributed by atoms with E-state index in [0.717, 1.165) is 6.08 Å². The number of phenols is 1. The number of allylic oxidation sites excluding steroid dienone is 1. The number of carbonyl (C=O) groups is 1. The Bertz CT molecular complexity index is 812. The average molecular weight is 326 g/mol. The fourth-order valence-electron chi connectivity index (χ4n) is 1.78. The molecule has 0 aliphatic rings. The summed E-state index contributed by atoms with van der Waals surface area (Å²) in [7, 11) is -4.62. The summed E-state index contributed by atoms with van der Waals surface area (Å²) in [6.07, 6.45) is 2.35. The molecule has 0 saturated heterocycles. The Labute approximate surface area is 150 Å². The van der Waals surface area contributed by atoms with E-state index in [1.807, 2.05) is 0 Å². The first-order chi connectivity index (χ1) is 9.89. The van der Waals surface area contributed by atoms with Crippen molar-refractivity contribution in [1.29, 1.82) is 0 Å². The molecule has 5 nitrogen and oxygen atoms in total. The monoisotopic (exact) mass is 326 g/mol. The molecule has 1 N–H and O–H groups in total. The standard InChI is InChI=1S/C15H12O5S.Na/c16-13-7-3-2-6-12(13)14(17)10-9-11-5-1-4-8-15(11)21(18,19)20;/h1-10,16H,(H,18,19,20);/q;+1/p-1/b10-9+;. The van der Waals surface area contributed by atoms with Gasteiger partial charge in [-0.05, 0) is 35.9 Å². The maximum atomic E-state index is 11.9. The summed E-state index contributed by atoms with van der Waals surface area (Å²) in [4.78, 5) is 11.5. The summed E-state index contributed by atoms with van der Waals surface area (Å²) >= 11 is 0. The second-order valence-corrected chi connectivity index (χ2v) is 5.55. The third kappa shape index (κ3) is 4.53. The van der Waals surface area contributed by atoms with Crippen LogP contribution in [0.3, 0.4) is 0 Å². The van der Waals surface area contributed by atoms with Gasteiger partial charge in [0.15, 0.2) is 5.78 Å². The van der Waals surface area contributed by atoms with Crippen molar-refractivity contribution in [3.63, 3.8) is 0 Å². The van der Waals surface area contributed by atoms with Crippen LogP contribution in [0.1, 0.15) is 15.9 Å². The van der Waals surface area contributed by atoms with Gasteiger partial charge in [-0.15, -0.1) is 0 Å². The predicted molar refractivity (Wildman–Crippen MR) is 75.9 cm³/mol. The predicted octanol–water partition coefficient (Wildman–Crippen LogP) is -0.804. The van der Waals surface area contributed by atoms with E-state index in [2.05, 4.69) is 0 Å². The molecule has 0 heterocycles. The van der Waals surface area contributed by atoms with Crippen molar-refractivity contribution in [2.45, 2.75) is 4.90 Å². The Morgan fingerprint density at radius 1 is 1.05 bits per heavy atom. The average Bonchev–Trinajstić information content (AvgIpc) is 2.44. The van der Waals surface area contributed by atoms with Gasteiger partial charge >= 0.3 is 29.6 Å². The van der Waals surface area contributed by atoms with Crippen LogP contribution in [-0.2, 0) is 10.1 Å². The Morgan fingerprint density at radius 3 is 2.27 bits per heavy atom. The van der Waals surface area contributed by atoms with Gasteiger partial charge in [0.05, 0.1) is 10.5 Å². The molecule has 2 aromatic carbocycles. The van der Waals surface area contributed by atoms with Gasteiger partial charge in [0.25, 0.3) is 0 Å². The first-order valence-corrected chi connectivity index (χ1v) is 7.36. The number of aromatic hydroxyl groups is 1. The van der Waals surface area contributed by atoms with Crippen LogP contribution < -0.4 is 29.6 Å². The van der Waals surface area contributed by atoms with Gasteiger partial charge in [-0.1, -0.05) is 30.3 Å². The van der Waals surface area contributed by atoms with E-state index in [4.69, 9.17) is 0 Å².